The second-order valence-corrected chi connectivity index (χ2v) is 10.8. The summed E-state index contributed by atoms with van der Waals surface area (Å²) >= 11 is 7.47. The van der Waals surface area contributed by atoms with Gasteiger partial charge >= 0.3 is 0 Å². The minimum atomic E-state index is -4.05. The van der Waals surface area contributed by atoms with Crippen LogP contribution in [0.3, 0.4) is 0 Å². The first kappa shape index (κ1) is 23.9. The molecule has 0 saturated carbocycles. The van der Waals surface area contributed by atoms with Crippen molar-refractivity contribution in [2.24, 2.45) is 0 Å². The number of aryl methyl sites for hydroxylation is 1. The van der Waals surface area contributed by atoms with E-state index in [-0.39, 0.29) is 10.0 Å². The fourth-order valence-corrected chi connectivity index (χ4v) is 5.68. The van der Waals surface area contributed by atoms with E-state index in [0.717, 1.165) is 15.4 Å². The van der Waals surface area contributed by atoms with Crippen molar-refractivity contribution >= 4 is 49.7 Å². The molecule has 0 atom stereocenters. The molecular formula is C24H21ClN4O3S2. The van der Waals surface area contributed by atoms with Crippen molar-refractivity contribution in [3.63, 3.8) is 0 Å². The normalized spacial score (nSPS) is 11.3. The maximum Gasteiger partial charge on any atom is 0.264 e. The Morgan fingerprint density at radius 2 is 1.68 bits per heavy atom. The Hall–Kier alpha value is -3.27. The van der Waals surface area contributed by atoms with Crippen LogP contribution in [0, 0.1) is 13.8 Å². The van der Waals surface area contributed by atoms with Gasteiger partial charge in [-0.25, -0.2) is 8.42 Å². The van der Waals surface area contributed by atoms with Crippen LogP contribution in [0.4, 0.5) is 10.8 Å². The van der Waals surface area contributed by atoms with Crippen LogP contribution in [0.2, 0.25) is 5.02 Å². The summed E-state index contributed by atoms with van der Waals surface area (Å²) in [4.78, 5) is 13.0. The molecule has 10 heteroatoms. The van der Waals surface area contributed by atoms with Crippen LogP contribution in [0.1, 0.15) is 11.1 Å². The van der Waals surface area contributed by atoms with E-state index in [1.165, 1.54) is 23.5 Å². The summed E-state index contributed by atoms with van der Waals surface area (Å²) in [5.74, 6) is -0.550. The van der Waals surface area contributed by atoms with Gasteiger partial charge in [0.15, 0.2) is 0 Å². The number of rotatable bonds is 7. The number of anilines is 2. The zero-order valence-electron chi connectivity index (χ0n) is 18.4. The van der Waals surface area contributed by atoms with Crippen LogP contribution in [0.5, 0.6) is 0 Å². The average Bonchev–Trinajstić information content (AvgIpc) is 3.29. The quantitative estimate of drug-likeness (QED) is 0.362. The molecule has 4 rings (SSSR count). The maximum absolute atomic E-state index is 13.6. The third-order valence-electron chi connectivity index (χ3n) is 5.10. The van der Waals surface area contributed by atoms with Crippen LogP contribution < -0.4 is 9.62 Å². The van der Waals surface area contributed by atoms with Crippen molar-refractivity contribution in [2.45, 2.75) is 18.7 Å². The van der Waals surface area contributed by atoms with Gasteiger partial charge in [0, 0.05) is 10.6 Å². The van der Waals surface area contributed by atoms with E-state index in [1.807, 2.05) is 37.3 Å². The zero-order valence-corrected chi connectivity index (χ0v) is 20.8. The highest BCUT2D eigenvalue weighted by Crippen LogP contribution is 2.31. The first-order valence-corrected chi connectivity index (χ1v) is 12.9. The van der Waals surface area contributed by atoms with Gasteiger partial charge in [0.1, 0.15) is 11.6 Å². The molecule has 0 aliphatic rings. The Morgan fingerprint density at radius 1 is 0.971 bits per heavy atom. The molecule has 7 nitrogen and oxygen atoms in total. The van der Waals surface area contributed by atoms with Crippen molar-refractivity contribution in [3.8, 4) is 10.6 Å². The van der Waals surface area contributed by atoms with Crippen molar-refractivity contribution in [2.75, 3.05) is 16.2 Å². The predicted molar refractivity (Wildman–Crippen MR) is 136 cm³/mol. The molecule has 1 heterocycles. The number of benzene rings is 3. The van der Waals surface area contributed by atoms with Gasteiger partial charge in [-0.1, -0.05) is 77.0 Å². The lowest BCUT2D eigenvalue weighted by Crippen LogP contribution is -2.38. The van der Waals surface area contributed by atoms with E-state index < -0.39 is 22.5 Å². The van der Waals surface area contributed by atoms with Gasteiger partial charge in [-0.15, -0.1) is 10.2 Å². The lowest BCUT2D eigenvalue weighted by Gasteiger charge is -2.25. The monoisotopic (exact) mass is 512 g/mol. The molecule has 174 valence electrons. The topological polar surface area (TPSA) is 92.3 Å². The summed E-state index contributed by atoms with van der Waals surface area (Å²) < 4.78 is 28.2. The number of amides is 1. The van der Waals surface area contributed by atoms with Gasteiger partial charge in [0.25, 0.3) is 10.0 Å². The Labute approximate surface area is 207 Å². The Kier molecular flexibility index (Phi) is 6.97. The SMILES string of the molecule is Cc1ccc(S(=O)(=O)N(CC(=O)Nc2nnc(-c3ccccc3)s2)c2cccc(Cl)c2C)cc1. The fraction of sp³-hybridized carbons (Fsp3) is 0.125. The first-order valence-electron chi connectivity index (χ1n) is 10.3. The predicted octanol–water partition coefficient (Wildman–Crippen LogP) is 5.31. The van der Waals surface area contributed by atoms with Crippen molar-refractivity contribution in [1.29, 1.82) is 0 Å². The summed E-state index contributed by atoms with van der Waals surface area (Å²) in [6.07, 6.45) is 0. The number of carbonyl (C=O) groups excluding carboxylic acids is 1. The highest BCUT2D eigenvalue weighted by atomic mass is 35.5. The fourth-order valence-electron chi connectivity index (χ4n) is 3.26. The molecule has 0 fully saturated rings. The van der Waals surface area contributed by atoms with Crippen LogP contribution in [-0.4, -0.2) is 31.1 Å². The van der Waals surface area contributed by atoms with E-state index >= 15 is 0 Å². The smallest absolute Gasteiger partial charge is 0.264 e. The highest BCUT2D eigenvalue weighted by Gasteiger charge is 2.29. The standard InChI is InChI=1S/C24H21ClN4O3S2/c1-16-11-13-19(14-12-16)34(31,32)29(21-10-6-9-20(25)17(21)2)15-22(30)26-24-28-27-23(33-24)18-7-4-3-5-8-18/h3-14H,15H2,1-2H3,(H,26,28,30). The summed E-state index contributed by atoms with van der Waals surface area (Å²) in [6.45, 7) is 3.12. The largest absolute Gasteiger partial charge is 0.299 e. The Morgan fingerprint density at radius 3 is 2.38 bits per heavy atom. The molecule has 0 aliphatic carbocycles. The first-order chi connectivity index (χ1) is 16.3. The number of hydrogen-bond donors (Lipinski definition) is 1. The second-order valence-electron chi connectivity index (χ2n) is 7.54. The van der Waals surface area contributed by atoms with Crippen molar-refractivity contribution < 1.29 is 13.2 Å². The summed E-state index contributed by atoms with van der Waals surface area (Å²) in [5, 5.41) is 12.1. The Bertz CT molecular complexity index is 1420. The summed E-state index contributed by atoms with van der Waals surface area (Å²) in [6, 6.07) is 20.9. The molecule has 0 aliphatic heterocycles. The van der Waals surface area contributed by atoms with Gasteiger partial charge in [-0.05, 0) is 43.7 Å². The number of nitrogens with zero attached hydrogens (tertiary/aromatic N) is 3. The molecule has 0 spiro atoms. The van der Waals surface area contributed by atoms with Crippen LogP contribution in [-0.2, 0) is 14.8 Å². The number of nitrogens with one attached hydrogen (secondary N) is 1. The molecule has 1 N–H and O–H groups in total. The van der Waals surface area contributed by atoms with Crippen LogP contribution >= 0.6 is 22.9 Å². The average molecular weight is 513 g/mol. The molecule has 0 saturated heterocycles. The molecule has 0 bridgehead atoms. The number of aromatic nitrogens is 2. The zero-order chi connectivity index (χ0) is 24.3. The van der Waals surface area contributed by atoms with E-state index in [9.17, 15) is 13.2 Å². The lowest BCUT2D eigenvalue weighted by atomic mass is 10.2. The number of halogens is 1. The number of carbonyl (C=O) groups is 1. The summed E-state index contributed by atoms with van der Waals surface area (Å²) in [7, 11) is -4.05. The highest BCUT2D eigenvalue weighted by molar-refractivity contribution is 7.92. The summed E-state index contributed by atoms with van der Waals surface area (Å²) in [5.41, 5.74) is 2.67. The molecule has 1 aromatic heterocycles. The number of hydrogen-bond acceptors (Lipinski definition) is 6. The van der Waals surface area contributed by atoms with Gasteiger partial charge in [-0.2, -0.15) is 0 Å². The minimum absolute atomic E-state index is 0.0764. The molecular weight excluding hydrogens is 492 g/mol. The van der Waals surface area contributed by atoms with Gasteiger partial charge < -0.3 is 0 Å². The van der Waals surface area contributed by atoms with Crippen LogP contribution in [0.25, 0.3) is 10.6 Å². The molecule has 3 aromatic carbocycles. The van der Waals surface area contributed by atoms with E-state index in [4.69, 9.17) is 11.6 Å². The minimum Gasteiger partial charge on any atom is -0.299 e. The van der Waals surface area contributed by atoms with Crippen molar-refractivity contribution in [1.82, 2.24) is 10.2 Å². The maximum atomic E-state index is 13.6. The number of sulfonamides is 1. The van der Waals surface area contributed by atoms with Crippen LogP contribution in [0.15, 0.2) is 77.7 Å². The van der Waals surface area contributed by atoms with E-state index in [1.54, 1.807) is 37.3 Å². The second kappa shape index (κ2) is 9.92. The van der Waals surface area contributed by atoms with Gasteiger partial charge in [-0.3, -0.25) is 14.4 Å². The third kappa shape index (κ3) is 5.11. The molecule has 34 heavy (non-hydrogen) atoms. The molecule has 0 radical (unpaired) electrons. The van der Waals surface area contributed by atoms with E-state index in [0.29, 0.717) is 21.3 Å². The molecule has 0 unspecified atom stereocenters. The Balaban J connectivity index is 1.63. The molecule has 1 amide bonds. The third-order valence-corrected chi connectivity index (χ3v) is 8.17. The van der Waals surface area contributed by atoms with E-state index in [2.05, 4.69) is 15.5 Å². The lowest BCUT2D eigenvalue weighted by molar-refractivity contribution is -0.114. The van der Waals surface area contributed by atoms with Crippen molar-refractivity contribution in [3.05, 3.63) is 88.9 Å². The van der Waals surface area contributed by atoms with Gasteiger partial charge in [0.2, 0.25) is 11.0 Å². The van der Waals surface area contributed by atoms with Gasteiger partial charge in [0.05, 0.1) is 10.6 Å². The molecule has 4 aromatic rings.